The van der Waals surface area contributed by atoms with Crippen molar-refractivity contribution in [3.63, 3.8) is 0 Å². The van der Waals surface area contributed by atoms with Gasteiger partial charge in [-0.05, 0) is 48.0 Å². The molecular weight excluding hydrogens is 442 g/mol. The topological polar surface area (TPSA) is 48.0 Å². The van der Waals surface area contributed by atoms with Gasteiger partial charge in [0.2, 0.25) is 0 Å². The third-order valence-electron chi connectivity index (χ3n) is 4.66. The molecule has 0 aromatic heterocycles. The van der Waals surface area contributed by atoms with Crippen LogP contribution >= 0.6 is 24.0 Å². The zero-order chi connectivity index (χ0) is 22.3. The summed E-state index contributed by atoms with van der Waals surface area (Å²) >= 11 is 6.72. The molecule has 0 N–H and O–H groups in total. The third-order valence-corrected chi connectivity index (χ3v) is 5.97. The summed E-state index contributed by atoms with van der Waals surface area (Å²) in [5.74, 6) is 1.99. The monoisotopic (exact) mass is 463 g/mol. The molecule has 7 heteroatoms. The van der Waals surface area contributed by atoms with E-state index < -0.39 is 0 Å². The molecule has 0 saturated carbocycles. The predicted molar refractivity (Wildman–Crippen MR) is 133 cm³/mol. The van der Waals surface area contributed by atoms with Crippen LogP contribution in [0.25, 0.3) is 6.08 Å². The van der Waals surface area contributed by atoms with Crippen molar-refractivity contribution in [2.24, 2.45) is 0 Å². The molecule has 162 valence electrons. The number of ether oxygens (including phenoxy) is 3. The van der Waals surface area contributed by atoms with Gasteiger partial charge < -0.3 is 14.2 Å². The number of hydrogen-bond acceptors (Lipinski definition) is 6. The fourth-order valence-electron chi connectivity index (χ4n) is 3.13. The molecule has 32 heavy (non-hydrogen) atoms. The predicted octanol–water partition coefficient (Wildman–Crippen LogP) is 5.56. The molecule has 0 atom stereocenters. The SMILES string of the molecule is COc1ccccc1OCCOc1ccc(/C=C2\SC(=S)N(c3ccccc3)C2=O)cc1. The van der Waals surface area contributed by atoms with Crippen molar-refractivity contribution in [1.29, 1.82) is 0 Å². The Morgan fingerprint density at radius 2 is 1.53 bits per heavy atom. The number of thiocarbonyl (C=S) groups is 1. The molecule has 1 aliphatic heterocycles. The maximum Gasteiger partial charge on any atom is 0.270 e. The fraction of sp³-hybridized carbons (Fsp3) is 0.120. The van der Waals surface area contributed by atoms with E-state index in [1.165, 1.54) is 11.8 Å². The molecular formula is C25H21NO4S2. The maximum atomic E-state index is 12.8. The van der Waals surface area contributed by atoms with E-state index in [1.54, 1.807) is 12.0 Å². The summed E-state index contributed by atoms with van der Waals surface area (Å²) in [5.41, 5.74) is 1.67. The normalized spacial score (nSPS) is 14.7. The Balaban J connectivity index is 1.33. The molecule has 3 aromatic carbocycles. The van der Waals surface area contributed by atoms with Crippen molar-refractivity contribution < 1.29 is 19.0 Å². The molecule has 1 heterocycles. The van der Waals surface area contributed by atoms with E-state index in [1.807, 2.05) is 84.9 Å². The van der Waals surface area contributed by atoms with Gasteiger partial charge in [-0.1, -0.05) is 66.4 Å². The highest BCUT2D eigenvalue weighted by molar-refractivity contribution is 8.27. The summed E-state index contributed by atoms with van der Waals surface area (Å²) in [7, 11) is 1.61. The molecule has 0 aliphatic carbocycles. The Hall–Kier alpha value is -3.29. The zero-order valence-electron chi connectivity index (χ0n) is 17.4. The number of methoxy groups -OCH3 is 1. The highest BCUT2D eigenvalue weighted by Gasteiger charge is 2.33. The van der Waals surface area contributed by atoms with Crippen LogP contribution in [0.15, 0.2) is 83.8 Å². The largest absolute Gasteiger partial charge is 0.493 e. The molecule has 4 rings (SSSR count). The van der Waals surface area contributed by atoms with Gasteiger partial charge in [-0.25, -0.2) is 0 Å². The first-order valence-corrected chi connectivity index (χ1v) is 11.2. The van der Waals surface area contributed by atoms with Gasteiger partial charge in [0.1, 0.15) is 19.0 Å². The second kappa shape index (κ2) is 10.3. The molecule has 1 fully saturated rings. The number of carbonyl (C=O) groups excluding carboxylic acids is 1. The summed E-state index contributed by atoms with van der Waals surface area (Å²) in [4.78, 5) is 15.0. The van der Waals surface area contributed by atoms with E-state index in [4.69, 9.17) is 26.4 Å². The molecule has 0 radical (unpaired) electrons. The van der Waals surface area contributed by atoms with Crippen molar-refractivity contribution in [3.05, 3.63) is 89.3 Å². The highest BCUT2D eigenvalue weighted by Crippen LogP contribution is 2.36. The van der Waals surface area contributed by atoms with Crippen LogP contribution in [-0.2, 0) is 4.79 Å². The lowest BCUT2D eigenvalue weighted by molar-refractivity contribution is -0.113. The highest BCUT2D eigenvalue weighted by atomic mass is 32.2. The maximum absolute atomic E-state index is 12.8. The Bertz CT molecular complexity index is 1130. The summed E-state index contributed by atoms with van der Waals surface area (Å²) < 4.78 is 17.3. The van der Waals surface area contributed by atoms with Gasteiger partial charge in [0.25, 0.3) is 5.91 Å². The second-order valence-corrected chi connectivity index (χ2v) is 8.45. The number of thioether (sulfide) groups is 1. The van der Waals surface area contributed by atoms with Crippen LogP contribution in [0.1, 0.15) is 5.56 Å². The quantitative estimate of drug-likeness (QED) is 0.248. The van der Waals surface area contributed by atoms with Crippen LogP contribution in [-0.4, -0.2) is 30.6 Å². The van der Waals surface area contributed by atoms with Crippen molar-refractivity contribution >= 4 is 46.0 Å². The van der Waals surface area contributed by atoms with Gasteiger partial charge in [0.05, 0.1) is 17.7 Å². The van der Waals surface area contributed by atoms with Crippen molar-refractivity contribution in [2.75, 3.05) is 25.2 Å². The van der Waals surface area contributed by atoms with Gasteiger partial charge in [-0.3, -0.25) is 9.69 Å². The Labute approximate surface area is 196 Å². The average molecular weight is 464 g/mol. The van der Waals surface area contributed by atoms with E-state index in [-0.39, 0.29) is 5.91 Å². The van der Waals surface area contributed by atoms with E-state index in [0.717, 1.165) is 17.0 Å². The number of nitrogens with zero attached hydrogens (tertiary/aromatic N) is 1. The number of hydrogen-bond donors (Lipinski definition) is 0. The van der Waals surface area contributed by atoms with Gasteiger partial charge in [-0.2, -0.15) is 0 Å². The number of rotatable bonds is 8. The minimum absolute atomic E-state index is 0.111. The Kier molecular flexibility index (Phi) is 7.09. The first kappa shape index (κ1) is 21.9. The lowest BCUT2D eigenvalue weighted by atomic mass is 10.2. The van der Waals surface area contributed by atoms with Crippen LogP contribution < -0.4 is 19.1 Å². The van der Waals surface area contributed by atoms with Gasteiger partial charge in [-0.15, -0.1) is 0 Å². The van der Waals surface area contributed by atoms with Gasteiger partial charge in [0, 0.05) is 0 Å². The lowest BCUT2D eigenvalue weighted by Crippen LogP contribution is -2.27. The minimum atomic E-state index is -0.111. The lowest BCUT2D eigenvalue weighted by Gasteiger charge is -2.13. The molecule has 0 spiro atoms. The average Bonchev–Trinajstić information content (AvgIpc) is 3.11. The Morgan fingerprint density at radius 1 is 0.875 bits per heavy atom. The number of anilines is 1. The van der Waals surface area contributed by atoms with Crippen LogP contribution in [0.4, 0.5) is 5.69 Å². The Morgan fingerprint density at radius 3 is 2.25 bits per heavy atom. The first-order valence-electron chi connectivity index (χ1n) is 9.97. The van der Waals surface area contributed by atoms with Crippen molar-refractivity contribution in [3.8, 4) is 17.2 Å². The molecule has 0 bridgehead atoms. The van der Waals surface area contributed by atoms with Gasteiger partial charge in [0.15, 0.2) is 15.8 Å². The first-order chi connectivity index (χ1) is 15.7. The van der Waals surface area contributed by atoms with E-state index in [2.05, 4.69) is 0 Å². The summed E-state index contributed by atoms with van der Waals surface area (Å²) in [5, 5.41) is 0. The molecule has 1 aliphatic rings. The van der Waals surface area contributed by atoms with E-state index >= 15 is 0 Å². The number of benzene rings is 3. The standard InChI is InChI=1S/C25H21NO4S2/c1-28-21-9-5-6-10-22(21)30-16-15-29-20-13-11-18(12-14-20)17-23-24(27)26(25(31)32-23)19-7-3-2-4-8-19/h2-14,17H,15-16H2,1H3/b23-17-. The summed E-state index contributed by atoms with van der Waals surface area (Å²) in [6.07, 6.45) is 1.84. The van der Waals surface area contributed by atoms with Crippen molar-refractivity contribution in [1.82, 2.24) is 0 Å². The van der Waals surface area contributed by atoms with Crippen LogP contribution in [0, 0.1) is 0 Å². The van der Waals surface area contributed by atoms with E-state index in [0.29, 0.717) is 33.9 Å². The number of carbonyl (C=O) groups is 1. The summed E-state index contributed by atoms with van der Waals surface area (Å²) in [6.45, 7) is 0.789. The van der Waals surface area contributed by atoms with Gasteiger partial charge >= 0.3 is 0 Å². The minimum Gasteiger partial charge on any atom is -0.493 e. The molecule has 3 aromatic rings. The smallest absolute Gasteiger partial charge is 0.270 e. The summed E-state index contributed by atoms with van der Waals surface area (Å²) in [6, 6.07) is 24.5. The fourth-order valence-corrected chi connectivity index (χ4v) is 4.43. The molecule has 1 saturated heterocycles. The second-order valence-electron chi connectivity index (χ2n) is 6.77. The third kappa shape index (κ3) is 5.12. The van der Waals surface area contributed by atoms with Crippen LogP contribution in [0.5, 0.6) is 17.2 Å². The van der Waals surface area contributed by atoms with Crippen molar-refractivity contribution in [2.45, 2.75) is 0 Å². The number of para-hydroxylation sites is 3. The molecule has 1 amide bonds. The zero-order valence-corrected chi connectivity index (χ0v) is 19.0. The number of amides is 1. The molecule has 5 nitrogen and oxygen atoms in total. The van der Waals surface area contributed by atoms with Crippen LogP contribution in [0.3, 0.4) is 0 Å². The molecule has 0 unspecified atom stereocenters. The van der Waals surface area contributed by atoms with Crippen LogP contribution in [0.2, 0.25) is 0 Å². The van der Waals surface area contributed by atoms with E-state index in [9.17, 15) is 4.79 Å².